The van der Waals surface area contributed by atoms with E-state index in [9.17, 15) is 4.79 Å². The lowest BCUT2D eigenvalue weighted by molar-refractivity contribution is 0.0734. The summed E-state index contributed by atoms with van der Waals surface area (Å²) in [5, 5.41) is 0. The quantitative estimate of drug-likeness (QED) is 0.677. The second-order valence-corrected chi connectivity index (χ2v) is 6.78. The summed E-state index contributed by atoms with van der Waals surface area (Å²) in [6.07, 6.45) is 7.24. The van der Waals surface area contributed by atoms with Crippen molar-refractivity contribution in [2.24, 2.45) is 0 Å². The lowest BCUT2D eigenvalue weighted by Gasteiger charge is -2.26. The van der Waals surface area contributed by atoms with Gasteiger partial charge in [-0.05, 0) is 49.2 Å². The maximum atomic E-state index is 13.2. The summed E-state index contributed by atoms with van der Waals surface area (Å²) in [6, 6.07) is 13.4. The first kappa shape index (κ1) is 18.1. The summed E-state index contributed by atoms with van der Waals surface area (Å²) < 4.78 is 12.8. The number of benzene rings is 2. The van der Waals surface area contributed by atoms with Gasteiger partial charge in [0, 0.05) is 41.8 Å². The zero-order chi connectivity index (χ0) is 19.5. The lowest BCUT2D eigenvalue weighted by atomic mass is 10.0. The molecule has 1 unspecified atom stereocenters. The molecule has 1 aromatic heterocycles. The summed E-state index contributed by atoms with van der Waals surface area (Å²) in [5.74, 6) is 1.53. The zero-order valence-corrected chi connectivity index (χ0v) is 16.0. The highest BCUT2D eigenvalue weighted by Gasteiger charge is 2.32. The standard InChI is InChI=1S/C22H23N3O3/c1-27-18-9-10-19(21(14-18)28-2)20-4-3-12-25(20)22(26)16-5-7-17(8-6-16)24-13-11-23-15-24/h5-11,13-15,20H,3-4,12H2,1-2H3. The molecule has 6 nitrogen and oxygen atoms in total. The van der Waals surface area contributed by atoms with Gasteiger partial charge in [0.2, 0.25) is 0 Å². The van der Waals surface area contributed by atoms with Gasteiger partial charge in [-0.25, -0.2) is 4.98 Å². The minimum absolute atomic E-state index is 0.00156. The van der Waals surface area contributed by atoms with E-state index in [1.54, 1.807) is 26.7 Å². The van der Waals surface area contributed by atoms with Gasteiger partial charge in [0.25, 0.3) is 5.91 Å². The molecule has 0 radical (unpaired) electrons. The Kier molecular flexibility index (Phi) is 5.02. The molecule has 28 heavy (non-hydrogen) atoms. The van der Waals surface area contributed by atoms with Crippen LogP contribution in [0.5, 0.6) is 11.5 Å². The molecule has 1 aliphatic rings. The average Bonchev–Trinajstić information content (AvgIpc) is 3.45. The van der Waals surface area contributed by atoms with Crippen LogP contribution < -0.4 is 9.47 Å². The molecule has 3 aromatic rings. The lowest BCUT2D eigenvalue weighted by Crippen LogP contribution is -2.30. The second kappa shape index (κ2) is 7.76. The minimum atomic E-state index is 0.00156. The van der Waals surface area contributed by atoms with E-state index in [4.69, 9.17) is 9.47 Å². The van der Waals surface area contributed by atoms with Gasteiger partial charge < -0.3 is 18.9 Å². The topological polar surface area (TPSA) is 56.6 Å². The summed E-state index contributed by atoms with van der Waals surface area (Å²) in [6.45, 7) is 0.738. The zero-order valence-electron chi connectivity index (χ0n) is 16.0. The number of imidazole rings is 1. The van der Waals surface area contributed by atoms with Crippen LogP contribution in [0.2, 0.25) is 0 Å². The summed E-state index contributed by atoms with van der Waals surface area (Å²) in [5.41, 5.74) is 2.68. The normalized spacial score (nSPS) is 16.2. The van der Waals surface area contributed by atoms with Crippen molar-refractivity contribution in [3.8, 4) is 17.2 Å². The van der Waals surface area contributed by atoms with E-state index in [1.807, 2.05) is 58.1 Å². The van der Waals surface area contributed by atoms with Crippen LogP contribution in [0.25, 0.3) is 5.69 Å². The number of rotatable bonds is 5. The SMILES string of the molecule is COc1ccc(C2CCCN2C(=O)c2ccc(-n3ccnc3)cc2)c(OC)c1. The Morgan fingerprint density at radius 3 is 2.61 bits per heavy atom. The minimum Gasteiger partial charge on any atom is -0.497 e. The molecule has 0 saturated carbocycles. The highest BCUT2D eigenvalue weighted by Crippen LogP contribution is 2.39. The number of hydrogen-bond donors (Lipinski definition) is 0. The molecule has 1 amide bonds. The maximum absolute atomic E-state index is 13.2. The molecular formula is C22H23N3O3. The molecule has 144 valence electrons. The highest BCUT2D eigenvalue weighted by molar-refractivity contribution is 5.95. The van der Waals surface area contributed by atoms with E-state index in [0.717, 1.165) is 42.1 Å². The van der Waals surface area contributed by atoms with Crippen LogP contribution in [-0.2, 0) is 0 Å². The third-order valence-corrected chi connectivity index (χ3v) is 5.23. The molecular weight excluding hydrogens is 354 g/mol. The van der Waals surface area contributed by atoms with E-state index in [-0.39, 0.29) is 11.9 Å². The number of methoxy groups -OCH3 is 2. The van der Waals surface area contributed by atoms with Crippen molar-refractivity contribution in [2.75, 3.05) is 20.8 Å². The molecule has 4 rings (SSSR count). The Morgan fingerprint density at radius 1 is 1.11 bits per heavy atom. The van der Waals surface area contributed by atoms with Gasteiger partial charge in [-0.3, -0.25) is 4.79 Å². The van der Waals surface area contributed by atoms with Gasteiger partial charge in [-0.15, -0.1) is 0 Å². The Morgan fingerprint density at radius 2 is 1.93 bits per heavy atom. The third-order valence-electron chi connectivity index (χ3n) is 5.23. The van der Waals surface area contributed by atoms with Crippen LogP contribution in [0, 0.1) is 0 Å². The van der Waals surface area contributed by atoms with Crippen molar-refractivity contribution in [3.63, 3.8) is 0 Å². The molecule has 2 aromatic carbocycles. The number of hydrogen-bond acceptors (Lipinski definition) is 4. The van der Waals surface area contributed by atoms with Crippen molar-refractivity contribution in [1.82, 2.24) is 14.5 Å². The van der Waals surface area contributed by atoms with Crippen molar-refractivity contribution < 1.29 is 14.3 Å². The average molecular weight is 377 g/mol. The predicted octanol–water partition coefficient (Wildman–Crippen LogP) is 3.87. The van der Waals surface area contributed by atoms with E-state index >= 15 is 0 Å². The Balaban J connectivity index is 1.59. The third kappa shape index (κ3) is 3.33. The smallest absolute Gasteiger partial charge is 0.254 e. The second-order valence-electron chi connectivity index (χ2n) is 6.78. The van der Waals surface area contributed by atoms with E-state index < -0.39 is 0 Å². The number of carbonyl (C=O) groups excluding carboxylic acids is 1. The number of likely N-dealkylation sites (tertiary alicyclic amines) is 1. The maximum Gasteiger partial charge on any atom is 0.254 e. The number of carbonyl (C=O) groups is 1. The molecule has 6 heteroatoms. The molecule has 1 saturated heterocycles. The molecule has 0 bridgehead atoms. The fourth-order valence-electron chi connectivity index (χ4n) is 3.78. The first-order valence-electron chi connectivity index (χ1n) is 9.32. The van der Waals surface area contributed by atoms with Gasteiger partial charge in [0.1, 0.15) is 11.5 Å². The molecule has 2 heterocycles. The molecule has 1 fully saturated rings. The summed E-state index contributed by atoms with van der Waals surface area (Å²) in [4.78, 5) is 19.2. The predicted molar refractivity (Wildman–Crippen MR) is 106 cm³/mol. The van der Waals surface area contributed by atoms with Crippen LogP contribution in [0.1, 0.15) is 34.8 Å². The highest BCUT2D eigenvalue weighted by atomic mass is 16.5. The van der Waals surface area contributed by atoms with Crippen LogP contribution in [0.4, 0.5) is 0 Å². The largest absolute Gasteiger partial charge is 0.497 e. The van der Waals surface area contributed by atoms with Crippen molar-refractivity contribution in [1.29, 1.82) is 0 Å². The molecule has 1 aliphatic heterocycles. The van der Waals surface area contributed by atoms with Gasteiger partial charge in [-0.2, -0.15) is 0 Å². The first-order chi connectivity index (χ1) is 13.7. The Labute approximate surface area is 164 Å². The monoisotopic (exact) mass is 377 g/mol. The van der Waals surface area contributed by atoms with E-state index in [0.29, 0.717) is 5.56 Å². The van der Waals surface area contributed by atoms with Gasteiger partial charge in [-0.1, -0.05) is 0 Å². The van der Waals surface area contributed by atoms with Crippen molar-refractivity contribution >= 4 is 5.91 Å². The molecule has 0 N–H and O–H groups in total. The van der Waals surface area contributed by atoms with E-state index in [1.165, 1.54) is 0 Å². The number of nitrogens with zero attached hydrogens (tertiary/aromatic N) is 3. The Bertz CT molecular complexity index is 952. The van der Waals surface area contributed by atoms with Gasteiger partial charge in [0.15, 0.2) is 0 Å². The van der Waals surface area contributed by atoms with Crippen molar-refractivity contribution in [3.05, 3.63) is 72.3 Å². The fraction of sp³-hybridized carbons (Fsp3) is 0.273. The van der Waals surface area contributed by atoms with Gasteiger partial charge >= 0.3 is 0 Å². The van der Waals surface area contributed by atoms with Crippen LogP contribution in [0.3, 0.4) is 0 Å². The Hall–Kier alpha value is -3.28. The summed E-state index contributed by atoms with van der Waals surface area (Å²) in [7, 11) is 3.28. The first-order valence-corrected chi connectivity index (χ1v) is 9.32. The van der Waals surface area contributed by atoms with Crippen molar-refractivity contribution in [2.45, 2.75) is 18.9 Å². The number of amides is 1. The number of ether oxygens (including phenoxy) is 2. The van der Waals surface area contributed by atoms with Crippen LogP contribution in [-0.4, -0.2) is 41.1 Å². The molecule has 0 aliphatic carbocycles. The van der Waals surface area contributed by atoms with Crippen LogP contribution >= 0.6 is 0 Å². The molecule has 1 atom stereocenters. The van der Waals surface area contributed by atoms with Gasteiger partial charge in [0.05, 0.1) is 26.6 Å². The summed E-state index contributed by atoms with van der Waals surface area (Å²) >= 11 is 0. The number of aromatic nitrogens is 2. The fourth-order valence-corrected chi connectivity index (χ4v) is 3.78. The van der Waals surface area contributed by atoms with Crippen LogP contribution in [0.15, 0.2) is 61.2 Å². The van der Waals surface area contributed by atoms with E-state index in [2.05, 4.69) is 4.98 Å². The molecule has 0 spiro atoms.